The van der Waals surface area contributed by atoms with Crippen LogP contribution in [0.2, 0.25) is 0 Å². The van der Waals surface area contributed by atoms with Gasteiger partial charge >= 0.3 is 0 Å². The van der Waals surface area contributed by atoms with Crippen LogP contribution in [0.15, 0.2) is 79.3 Å². The summed E-state index contributed by atoms with van der Waals surface area (Å²) in [5, 5.41) is 5.83. The molecule has 4 heterocycles. The lowest BCUT2D eigenvalue weighted by atomic mass is 9.90. The van der Waals surface area contributed by atoms with Crippen molar-refractivity contribution >= 4 is 11.0 Å². The summed E-state index contributed by atoms with van der Waals surface area (Å²) >= 11 is 0. The SMILES string of the molecule is CCC(N1CCOCC1)n1cc2c(-c3ccc(F)cc3)c(-c3ccncc3)c(-c3ccc(F)cc3)nc2n1. The lowest BCUT2D eigenvalue weighted by molar-refractivity contribution is -0.00599. The third-order valence-electron chi connectivity index (χ3n) is 7.04. The van der Waals surface area contributed by atoms with Gasteiger partial charge in [0.1, 0.15) is 17.8 Å². The highest BCUT2D eigenvalue weighted by molar-refractivity contribution is 6.05. The monoisotopic (exact) mass is 511 g/mol. The minimum absolute atomic E-state index is 0.0489. The molecule has 6 rings (SSSR count). The molecule has 0 aliphatic carbocycles. The Morgan fingerprint density at radius 2 is 1.42 bits per heavy atom. The molecule has 0 N–H and O–H groups in total. The number of ether oxygens (including phenoxy) is 1. The topological polar surface area (TPSA) is 56.1 Å². The Balaban J connectivity index is 1.65. The molecule has 1 aliphatic heterocycles. The largest absolute Gasteiger partial charge is 0.379 e. The van der Waals surface area contributed by atoms with Crippen LogP contribution in [0.1, 0.15) is 19.5 Å². The molecule has 2 aromatic carbocycles. The summed E-state index contributed by atoms with van der Waals surface area (Å²) in [6, 6.07) is 16.6. The number of halogens is 2. The van der Waals surface area contributed by atoms with Crippen molar-refractivity contribution in [1.82, 2.24) is 24.6 Å². The van der Waals surface area contributed by atoms with Crippen molar-refractivity contribution in [3.05, 3.63) is 90.9 Å². The summed E-state index contributed by atoms with van der Waals surface area (Å²) in [6.45, 7) is 5.19. The zero-order valence-corrected chi connectivity index (χ0v) is 21.0. The Kier molecular flexibility index (Phi) is 6.66. The second kappa shape index (κ2) is 10.4. The molecular formula is C30H27F2N5O. The van der Waals surface area contributed by atoms with Crippen LogP contribution in [0.25, 0.3) is 44.5 Å². The number of fused-ring (bicyclic) bond motifs is 1. The van der Waals surface area contributed by atoms with Crippen molar-refractivity contribution in [2.75, 3.05) is 26.3 Å². The Morgan fingerprint density at radius 3 is 2.05 bits per heavy atom. The van der Waals surface area contributed by atoms with Gasteiger partial charge in [-0.05, 0) is 66.1 Å². The van der Waals surface area contributed by atoms with E-state index < -0.39 is 0 Å². The number of hydrogen-bond acceptors (Lipinski definition) is 5. The number of hydrogen-bond donors (Lipinski definition) is 0. The zero-order valence-electron chi connectivity index (χ0n) is 21.0. The van der Waals surface area contributed by atoms with Gasteiger partial charge in [0.2, 0.25) is 0 Å². The average Bonchev–Trinajstić information content (AvgIpc) is 3.38. The van der Waals surface area contributed by atoms with Gasteiger partial charge in [0.05, 0.1) is 18.9 Å². The van der Waals surface area contributed by atoms with E-state index in [1.54, 1.807) is 36.7 Å². The maximum absolute atomic E-state index is 14.0. The number of aromatic nitrogens is 4. The Bertz CT molecular complexity index is 1550. The van der Waals surface area contributed by atoms with E-state index in [0.29, 0.717) is 24.6 Å². The van der Waals surface area contributed by atoms with Crippen LogP contribution < -0.4 is 0 Å². The van der Waals surface area contributed by atoms with Crippen LogP contribution in [0, 0.1) is 11.6 Å². The predicted molar refractivity (Wildman–Crippen MR) is 143 cm³/mol. The third kappa shape index (κ3) is 4.57. The number of morpholine rings is 1. The molecule has 1 saturated heterocycles. The summed E-state index contributed by atoms with van der Waals surface area (Å²) in [5.74, 6) is -0.628. The highest BCUT2D eigenvalue weighted by Crippen LogP contribution is 2.43. The van der Waals surface area contributed by atoms with Crippen molar-refractivity contribution in [1.29, 1.82) is 0 Å². The van der Waals surface area contributed by atoms with Crippen LogP contribution in [0.5, 0.6) is 0 Å². The molecule has 0 saturated carbocycles. The first kappa shape index (κ1) is 24.3. The standard InChI is InChI=1S/C30H27F2N5O/c1-2-26(36-15-17-38-18-16-36)37-19-25-27(20-3-7-23(31)8-4-20)28(21-11-13-33-14-12-21)29(34-30(25)35-37)22-5-9-24(32)10-6-22/h3-14,19,26H,2,15-18H2,1H3. The first-order valence-corrected chi connectivity index (χ1v) is 12.8. The summed E-state index contributed by atoms with van der Waals surface area (Å²) < 4.78 is 35.4. The van der Waals surface area contributed by atoms with Crippen LogP contribution in [-0.4, -0.2) is 51.0 Å². The molecule has 0 bridgehead atoms. The quantitative estimate of drug-likeness (QED) is 0.266. The first-order valence-electron chi connectivity index (χ1n) is 12.8. The van der Waals surface area contributed by atoms with Crippen LogP contribution in [0.3, 0.4) is 0 Å². The molecule has 0 amide bonds. The summed E-state index contributed by atoms with van der Waals surface area (Å²) in [6.07, 6.45) is 6.42. The number of pyridine rings is 2. The molecule has 1 fully saturated rings. The van der Waals surface area contributed by atoms with Gasteiger partial charge in [-0.1, -0.05) is 19.1 Å². The molecule has 6 nitrogen and oxygen atoms in total. The second-order valence-electron chi connectivity index (χ2n) is 9.34. The predicted octanol–water partition coefficient (Wildman–Crippen LogP) is 6.35. The fourth-order valence-corrected chi connectivity index (χ4v) is 5.23. The summed E-state index contributed by atoms with van der Waals surface area (Å²) in [4.78, 5) is 11.6. The van der Waals surface area contributed by atoms with Crippen LogP contribution in [-0.2, 0) is 4.74 Å². The van der Waals surface area contributed by atoms with E-state index >= 15 is 0 Å². The molecule has 1 aliphatic rings. The molecule has 0 spiro atoms. The second-order valence-corrected chi connectivity index (χ2v) is 9.34. The maximum Gasteiger partial charge on any atom is 0.182 e. The fourth-order valence-electron chi connectivity index (χ4n) is 5.23. The van der Waals surface area contributed by atoms with Crippen molar-refractivity contribution < 1.29 is 13.5 Å². The molecule has 38 heavy (non-hydrogen) atoms. The highest BCUT2D eigenvalue weighted by atomic mass is 19.1. The number of nitrogens with zero attached hydrogens (tertiary/aromatic N) is 5. The first-order chi connectivity index (χ1) is 18.6. The van der Waals surface area contributed by atoms with Gasteiger partial charge in [0.15, 0.2) is 5.65 Å². The Labute approximate surface area is 219 Å². The average molecular weight is 512 g/mol. The van der Waals surface area contributed by atoms with Crippen LogP contribution in [0.4, 0.5) is 8.78 Å². The summed E-state index contributed by atoms with van der Waals surface area (Å²) in [7, 11) is 0. The normalized spacial score (nSPS) is 15.1. The molecule has 192 valence electrons. The summed E-state index contributed by atoms with van der Waals surface area (Å²) in [5.41, 5.74) is 5.51. The van der Waals surface area contributed by atoms with E-state index in [4.69, 9.17) is 14.8 Å². The molecule has 3 aromatic heterocycles. The maximum atomic E-state index is 14.0. The zero-order chi connectivity index (χ0) is 26.1. The van der Waals surface area contributed by atoms with Crippen molar-refractivity contribution in [3.8, 4) is 33.5 Å². The third-order valence-corrected chi connectivity index (χ3v) is 7.04. The minimum atomic E-state index is -0.320. The molecule has 8 heteroatoms. The van der Waals surface area contributed by atoms with Crippen molar-refractivity contribution in [2.24, 2.45) is 0 Å². The Morgan fingerprint density at radius 1 is 0.816 bits per heavy atom. The van der Waals surface area contributed by atoms with Crippen molar-refractivity contribution in [2.45, 2.75) is 19.5 Å². The van der Waals surface area contributed by atoms with Gasteiger partial charge in [-0.3, -0.25) is 14.6 Å². The van der Waals surface area contributed by atoms with Gasteiger partial charge in [-0.2, -0.15) is 5.10 Å². The minimum Gasteiger partial charge on any atom is -0.379 e. The van der Waals surface area contributed by atoms with E-state index in [1.807, 2.05) is 23.0 Å². The molecule has 5 aromatic rings. The van der Waals surface area contributed by atoms with E-state index in [2.05, 4.69) is 16.8 Å². The van der Waals surface area contributed by atoms with E-state index in [1.165, 1.54) is 24.3 Å². The fraction of sp³-hybridized carbons (Fsp3) is 0.233. The van der Waals surface area contributed by atoms with E-state index in [9.17, 15) is 8.78 Å². The van der Waals surface area contributed by atoms with Gasteiger partial charge in [-0.15, -0.1) is 0 Å². The van der Waals surface area contributed by atoms with E-state index in [0.717, 1.165) is 52.7 Å². The van der Waals surface area contributed by atoms with Crippen LogP contribution >= 0.6 is 0 Å². The number of benzene rings is 2. The van der Waals surface area contributed by atoms with Crippen molar-refractivity contribution in [3.63, 3.8) is 0 Å². The molecule has 1 unspecified atom stereocenters. The van der Waals surface area contributed by atoms with Gasteiger partial charge in [-0.25, -0.2) is 13.8 Å². The smallest absolute Gasteiger partial charge is 0.182 e. The van der Waals surface area contributed by atoms with Gasteiger partial charge in [0, 0.05) is 53.8 Å². The highest BCUT2D eigenvalue weighted by Gasteiger charge is 2.26. The molecule has 1 atom stereocenters. The Hall–Kier alpha value is -4.01. The van der Waals surface area contributed by atoms with E-state index in [-0.39, 0.29) is 17.8 Å². The molecule has 0 radical (unpaired) electrons. The lowest BCUT2D eigenvalue weighted by Crippen LogP contribution is -2.41. The lowest BCUT2D eigenvalue weighted by Gasteiger charge is -2.33. The molecular weight excluding hydrogens is 484 g/mol. The van der Waals surface area contributed by atoms with Gasteiger partial charge < -0.3 is 4.74 Å². The number of rotatable bonds is 6. The van der Waals surface area contributed by atoms with Gasteiger partial charge in [0.25, 0.3) is 0 Å².